The smallest absolute Gasteiger partial charge is 0.0972 e. The zero-order valence-electron chi connectivity index (χ0n) is 27.4. The average molecular weight is 636 g/mol. The maximum absolute atomic E-state index is 5.57. The van der Waals surface area contributed by atoms with Gasteiger partial charge in [-0.15, -0.1) is 0 Å². The van der Waals surface area contributed by atoms with Gasteiger partial charge in [-0.05, 0) is 75.2 Å². The lowest BCUT2D eigenvalue weighted by atomic mass is 9.63. The average Bonchev–Trinajstić information content (AvgIpc) is 3.52. The molecule has 0 saturated heterocycles. The van der Waals surface area contributed by atoms with Gasteiger partial charge >= 0.3 is 0 Å². The lowest BCUT2D eigenvalue weighted by Gasteiger charge is -2.37. The number of hydrogen-bond acceptors (Lipinski definition) is 3. The number of hydrogen-bond donors (Lipinski definition) is 0. The molecule has 232 valence electrons. The van der Waals surface area contributed by atoms with Gasteiger partial charge in [-0.3, -0.25) is 9.98 Å². The van der Waals surface area contributed by atoms with Crippen molar-refractivity contribution in [2.45, 2.75) is 12.3 Å². The third-order valence-electron chi connectivity index (χ3n) is 11.1. The number of aromatic nitrogens is 2. The van der Waals surface area contributed by atoms with Crippen LogP contribution in [0.25, 0.3) is 76.9 Å². The Hall–Kier alpha value is -6.45. The van der Waals surface area contributed by atoms with Crippen molar-refractivity contribution in [3.05, 3.63) is 175 Å². The van der Waals surface area contributed by atoms with E-state index in [1.807, 2.05) is 12.3 Å². The lowest BCUT2D eigenvalue weighted by molar-refractivity contribution is 0.798. The predicted octanol–water partition coefficient (Wildman–Crippen LogP) is 11.8. The predicted molar refractivity (Wildman–Crippen MR) is 207 cm³/mol. The number of fused-ring (bicyclic) bond motifs is 16. The van der Waals surface area contributed by atoms with Gasteiger partial charge in [-0.1, -0.05) is 127 Å². The molecule has 0 bridgehead atoms. The summed E-state index contributed by atoms with van der Waals surface area (Å²) in [5.74, 6) is 0. The van der Waals surface area contributed by atoms with Crippen molar-refractivity contribution in [3.63, 3.8) is 0 Å². The molecule has 3 heterocycles. The monoisotopic (exact) mass is 635 g/mol. The van der Waals surface area contributed by atoms with Gasteiger partial charge in [0.05, 0.1) is 33.5 Å². The van der Waals surface area contributed by atoms with Gasteiger partial charge in [0.2, 0.25) is 0 Å². The molecule has 50 heavy (non-hydrogen) atoms. The SMILES string of the molecule is C[C@]12C(=Nc3c1c1ccccc1c1ccccc31)c1ccccc1-c1ccc(-c3cccc(-c4ccc5ccc6cccnc6c5n4)c3)cc12. The largest absolute Gasteiger partial charge is 0.254 e. The van der Waals surface area contributed by atoms with Gasteiger partial charge < -0.3 is 0 Å². The highest BCUT2D eigenvalue weighted by Crippen LogP contribution is 2.57. The van der Waals surface area contributed by atoms with Crippen LogP contribution in [0.5, 0.6) is 0 Å². The third-order valence-corrected chi connectivity index (χ3v) is 11.1. The summed E-state index contributed by atoms with van der Waals surface area (Å²) >= 11 is 0. The maximum Gasteiger partial charge on any atom is 0.0972 e. The molecule has 1 aliphatic heterocycles. The normalized spacial score (nSPS) is 15.9. The molecule has 7 aromatic carbocycles. The summed E-state index contributed by atoms with van der Waals surface area (Å²) in [6.45, 7) is 2.39. The van der Waals surface area contributed by atoms with Crippen LogP contribution < -0.4 is 0 Å². The van der Waals surface area contributed by atoms with Crippen molar-refractivity contribution >= 4 is 54.7 Å². The zero-order chi connectivity index (χ0) is 33.0. The summed E-state index contributed by atoms with van der Waals surface area (Å²) in [5.41, 5.74) is 14.3. The molecule has 0 fully saturated rings. The summed E-state index contributed by atoms with van der Waals surface area (Å²) in [4.78, 5) is 15.4. The second-order valence-corrected chi connectivity index (χ2v) is 13.7. The summed E-state index contributed by atoms with van der Waals surface area (Å²) in [6.07, 6.45) is 1.84. The van der Waals surface area contributed by atoms with E-state index in [2.05, 4.69) is 158 Å². The number of aliphatic imine (C=N–C) groups is 1. The number of benzene rings is 7. The van der Waals surface area contributed by atoms with Crippen molar-refractivity contribution in [1.29, 1.82) is 0 Å². The Morgan fingerprint density at radius 1 is 0.480 bits per heavy atom. The molecule has 0 spiro atoms. The Balaban J connectivity index is 1.13. The van der Waals surface area contributed by atoms with E-state index in [1.54, 1.807) is 0 Å². The van der Waals surface area contributed by atoms with Gasteiger partial charge in [0.15, 0.2) is 0 Å². The van der Waals surface area contributed by atoms with Crippen LogP contribution in [0.4, 0.5) is 5.69 Å². The summed E-state index contributed by atoms with van der Waals surface area (Å²) in [7, 11) is 0. The molecule has 2 aromatic heterocycles. The fourth-order valence-corrected chi connectivity index (χ4v) is 8.72. The maximum atomic E-state index is 5.57. The second kappa shape index (κ2) is 10.0. The summed E-state index contributed by atoms with van der Waals surface area (Å²) in [5, 5.41) is 7.18. The molecule has 0 amide bonds. The van der Waals surface area contributed by atoms with E-state index in [1.165, 1.54) is 54.9 Å². The number of rotatable bonds is 2. The zero-order valence-corrected chi connectivity index (χ0v) is 27.4. The van der Waals surface area contributed by atoms with E-state index >= 15 is 0 Å². The quantitative estimate of drug-likeness (QED) is 0.177. The minimum absolute atomic E-state index is 0.440. The molecular formula is C47H29N3. The van der Waals surface area contributed by atoms with Crippen LogP contribution in [-0.2, 0) is 5.41 Å². The first-order valence-corrected chi connectivity index (χ1v) is 17.2. The summed E-state index contributed by atoms with van der Waals surface area (Å²) < 4.78 is 0. The Labute approximate surface area is 289 Å². The minimum atomic E-state index is -0.440. The van der Waals surface area contributed by atoms with Gasteiger partial charge in [0.1, 0.15) is 0 Å². The van der Waals surface area contributed by atoms with Gasteiger partial charge in [0, 0.05) is 39.0 Å². The molecule has 0 radical (unpaired) electrons. The Bertz CT molecular complexity index is 2950. The van der Waals surface area contributed by atoms with E-state index in [0.717, 1.165) is 50.0 Å². The molecular weight excluding hydrogens is 607 g/mol. The highest BCUT2D eigenvalue weighted by Gasteiger charge is 2.48. The molecule has 0 N–H and O–H groups in total. The molecule has 2 aliphatic rings. The van der Waals surface area contributed by atoms with Crippen LogP contribution >= 0.6 is 0 Å². The van der Waals surface area contributed by atoms with Crippen LogP contribution in [0.15, 0.2) is 163 Å². The highest BCUT2D eigenvalue weighted by atomic mass is 14.8. The van der Waals surface area contributed by atoms with Crippen molar-refractivity contribution in [3.8, 4) is 33.5 Å². The van der Waals surface area contributed by atoms with Gasteiger partial charge in [-0.25, -0.2) is 4.98 Å². The third kappa shape index (κ3) is 3.66. The Morgan fingerprint density at radius 2 is 1.16 bits per heavy atom. The molecule has 1 aliphatic carbocycles. The molecule has 1 atom stereocenters. The molecule has 0 saturated carbocycles. The second-order valence-electron chi connectivity index (χ2n) is 13.7. The van der Waals surface area contributed by atoms with E-state index < -0.39 is 5.41 Å². The lowest BCUT2D eigenvalue weighted by Crippen LogP contribution is -2.35. The van der Waals surface area contributed by atoms with Crippen LogP contribution in [-0.4, -0.2) is 15.7 Å². The van der Waals surface area contributed by atoms with Crippen molar-refractivity contribution in [1.82, 2.24) is 9.97 Å². The molecule has 9 aromatic rings. The topological polar surface area (TPSA) is 38.1 Å². The van der Waals surface area contributed by atoms with Crippen LogP contribution in [0.1, 0.15) is 23.6 Å². The van der Waals surface area contributed by atoms with E-state index in [0.29, 0.717) is 0 Å². The van der Waals surface area contributed by atoms with Crippen LogP contribution in [0, 0.1) is 0 Å². The molecule has 3 nitrogen and oxygen atoms in total. The molecule has 3 heteroatoms. The molecule has 0 unspecified atom stereocenters. The first-order chi connectivity index (χ1) is 24.7. The first-order valence-electron chi connectivity index (χ1n) is 17.2. The minimum Gasteiger partial charge on any atom is -0.254 e. The standard InChI is InChI=1S/C47H29N3/c1-47-40-27-31(30-10-8-11-32(26-30)41-24-22-29-20-19-28-12-9-25-48-43(28)44(29)49-41)21-23-36(40)35-15-4-7-18-39(35)46(47)50-45-38-17-6-3-14-34(38)33-13-2-5-16-37(33)42(45)47/h2-27H,1H3/t47-/m1/s1. The Kier molecular flexibility index (Phi) is 5.52. The van der Waals surface area contributed by atoms with Crippen molar-refractivity contribution in [2.24, 2.45) is 4.99 Å². The van der Waals surface area contributed by atoms with Crippen LogP contribution in [0.3, 0.4) is 0 Å². The van der Waals surface area contributed by atoms with Gasteiger partial charge in [0.25, 0.3) is 0 Å². The Morgan fingerprint density at radius 3 is 2.02 bits per heavy atom. The summed E-state index contributed by atoms with van der Waals surface area (Å²) in [6, 6.07) is 54.8. The van der Waals surface area contributed by atoms with Gasteiger partial charge in [-0.2, -0.15) is 0 Å². The van der Waals surface area contributed by atoms with E-state index in [4.69, 9.17) is 9.98 Å². The van der Waals surface area contributed by atoms with Crippen molar-refractivity contribution in [2.75, 3.05) is 0 Å². The highest BCUT2D eigenvalue weighted by molar-refractivity contribution is 6.27. The van der Waals surface area contributed by atoms with Crippen LogP contribution in [0.2, 0.25) is 0 Å². The molecule has 11 rings (SSSR count). The van der Waals surface area contributed by atoms with Crippen molar-refractivity contribution < 1.29 is 0 Å². The van der Waals surface area contributed by atoms with E-state index in [-0.39, 0.29) is 0 Å². The fourth-order valence-electron chi connectivity index (χ4n) is 8.72. The first kappa shape index (κ1) is 27.5. The number of nitrogens with zero attached hydrogens (tertiary/aromatic N) is 3. The number of pyridine rings is 2. The van der Waals surface area contributed by atoms with E-state index in [9.17, 15) is 0 Å². The fraction of sp³-hybridized carbons (Fsp3) is 0.0426.